The second-order valence-corrected chi connectivity index (χ2v) is 6.47. The van der Waals surface area contributed by atoms with Crippen LogP contribution in [0.2, 0.25) is 0 Å². The normalized spacial score (nSPS) is 18.0. The molecular weight excluding hydrogens is 262 g/mol. The molecule has 4 heteroatoms. The lowest BCUT2D eigenvalue weighted by Gasteiger charge is -2.24. The Morgan fingerprint density at radius 3 is 1.43 bits per heavy atom. The largest absolute Gasteiger partial charge is 0.379 e. The molecule has 130 valence electrons. The van der Waals surface area contributed by atoms with Gasteiger partial charge in [-0.1, -0.05) is 33.6 Å². The topological polar surface area (TPSA) is 19.0 Å². The first kappa shape index (κ1) is 23.1. The van der Waals surface area contributed by atoms with E-state index in [2.05, 4.69) is 44.7 Å². The molecular formula is C17H41N3O. The Kier molecular flexibility index (Phi) is 17.8. The van der Waals surface area contributed by atoms with Gasteiger partial charge in [0, 0.05) is 13.1 Å². The van der Waals surface area contributed by atoms with Gasteiger partial charge in [-0.15, -0.1) is 0 Å². The number of hydrogen-bond acceptors (Lipinski definition) is 4. The maximum absolute atomic E-state index is 5.16. The van der Waals surface area contributed by atoms with Crippen molar-refractivity contribution in [2.75, 3.05) is 74.6 Å². The third kappa shape index (κ3) is 28.7. The number of likely N-dealkylation sites (N-methyl/N-ethyl adjacent to an activating group) is 1. The molecule has 2 fully saturated rings. The van der Waals surface area contributed by atoms with E-state index in [1.165, 1.54) is 19.4 Å². The van der Waals surface area contributed by atoms with E-state index < -0.39 is 0 Å². The summed E-state index contributed by atoms with van der Waals surface area (Å²) in [6, 6.07) is 0. The maximum Gasteiger partial charge on any atom is 0.0594 e. The van der Waals surface area contributed by atoms with E-state index in [1.807, 2.05) is 26.0 Å². The zero-order valence-electron chi connectivity index (χ0n) is 16.0. The molecule has 4 nitrogen and oxygen atoms in total. The van der Waals surface area contributed by atoms with Gasteiger partial charge in [-0.25, -0.2) is 0 Å². The van der Waals surface area contributed by atoms with Gasteiger partial charge in [0.05, 0.1) is 13.2 Å². The van der Waals surface area contributed by atoms with Gasteiger partial charge in [0.1, 0.15) is 0 Å². The summed E-state index contributed by atoms with van der Waals surface area (Å²) in [5.41, 5.74) is 0. The molecule has 0 bridgehead atoms. The summed E-state index contributed by atoms with van der Waals surface area (Å²) in [5, 5.41) is 0. The van der Waals surface area contributed by atoms with Crippen LogP contribution in [0.25, 0.3) is 0 Å². The molecule has 0 atom stereocenters. The minimum atomic E-state index is 0.924. The van der Waals surface area contributed by atoms with Crippen molar-refractivity contribution in [1.82, 2.24) is 14.7 Å². The number of nitrogens with zero attached hydrogens (tertiary/aromatic N) is 3. The van der Waals surface area contributed by atoms with Gasteiger partial charge in [-0.05, 0) is 54.2 Å². The van der Waals surface area contributed by atoms with Crippen molar-refractivity contribution in [2.45, 2.75) is 33.6 Å². The van der Waals surface area contributed by atoms with Crippen molar-refractivity contribution in [3.05, 3.63) is 0 Å². The zero-order valence-corrected chi connectivity index (χ0v) is 16.0. The summed E-state index contributed by atoms with van der Waals surface area (Å²) >= 11 is 0. The fourth-order valence-corrected chi connectivity index (χ4v) is 1.08. The van der Waals surface area contributed by atoms with Crippen LogP contribution in [0.1, 0.15) is 33.6 Å². The predicted octanol–water partition coefficient (Wildman–Crippen LogP) is 2.50. The minimum Gasteiger partial charge on any atom is -0.379 e. The second-order valence-electron chi connectivity index (χ2n) is 6.47. The van der Waals surface area contributed by atoms with E-state index in [1.54, 1.807) is 0 Å². The third-order valence-electron chi connectivity index (χ3n) is 3.05. The van der Waals surface area contributed by atoms with Gasteiger partial charge in [-0.3, -0.25) is 4.90 Å². The molecule has 1 saturated carbocycles. The zero-order chi connectivity index (χ0) is 16.7. The van der Waals surface area contributed by atoms with Crippen LogP contribution in [0.5, 0.6) is 0 Å². The molecule has 2 rings (SSSR count). The van der Waals surface area contributed by atoms with Crippen molar-refractivity contribution in [1.29, 1.82) is 0 Å². The van der Waals surface area contributed by atoms with E-state index in [0.717, 1.165) is 38.8 Å². The molecule has 0 amide bonds. The summed E-state index contributed by atoms with van der Waals surface area (Å²) in [5.74, 6) is 1.08. The van der Waals surface area contributed by atoms with Gasteiger partial charge >= 0.3 is 0 Å². The number of morpholine rings is 1. The van der Waals surface area contributed by atoms with Gasteiger partial charge < -0.3 is 14.5 Å². The highest BCUT2D eigenvalue weighted by Crippen LogP contribution is 2.26. The first-order chi connectivity index (χ1) is 9.83. The molecule has 21 heavy (non-hydrogen) atoms. The maximum atomic E-state index is 5.16. The molecule has 0 unspecified atom stereocenters. The van der Waals surface area contributed by atoms with E-state index in [4.69, 9.17) is 4.74 Å². The highest BCUT2D eigenvalue weighted by Gasteiger charge is 2.12. The van der Waals surface area contributed by atoms with Gasteiger partial charge in [-0.2, -0.15) is 0 Å². The highest BCUT2D eigenvalue weighted by atomic mass is 16.5. The molecule has 0 aromatic rings. The van der Waals surface area contributed by atoms with Gasteiger partial charge in [0.2, 0.25) is 0 Å². The van der Waals surface area contributed by atoms with Crippen molar-refractivity contribution >= 4 is 0 Å². The summed E-state index contributed by atoms with van der Waals surface area (Å²) < 4.78 is 5.16. The summed E-state index contributed by atoms with van der Waals surface area (Å²) in [6.07, 6.45) is 2.97. The number of ether oxygens (including phenoxy) is 1. The Bertz CT molecular complexity index is 186. The van der Waals surface area contributed by atoms with Crippen LogP contribution in [-0.2, 0) is 4.74 Å². The van der Waals surface area contributed by atoms with Crippen LogP contribution in [0.3, 0.4) is 0 Å². The smallest absolute Gasteiger partial charge is 0.0594 e. The van der Waals surface area contributed by atoms with Crippen molar-refractivity contribution < 1.29 is 4.74 Å². The van der Waals surface area contributed by atoms with E-state index in [-0.39, 0.29) is 0 Å². The lowest BCUT2D eigenvalue weighted by Crippen LogP contribution is -2.35. The standard InChI is InChI=1S/C6H13NO.C4H11N.C4H8.C3H9N/c1-2-7-3-5-8-6-4-7;1-4-5(2)3;1-4-2-3-4;1-4(2)3/h2-6H2,1H3;4H2,1-3H3;4H,2-3H2,1H3;1-3H3. The fraction of sp³-hybridized carbons (Fsp3) is 1.00. The molecule has 2 aliphatic rings. The average molecular weight is 304 g/mol. The Labute approximate surface area is 134 Å². The van der Waals surface area contributed by atoms with Crippen LogP contribution >= 0.6 is 0 Å². The molecule has 1 aliphatic carbocycles. The van der Waals surface area contributed by atoms with E-state index >= 15 is 0 Å². The van der Waals surface area contributed by atoms with E-state index in [9.17, 15) is 0 Å². The van der Waals surface area contributed by atoms with Crippen LogP contribution in [0.4, 0.5) is 0 Å². The Hall–Kier alpha value is -0.160. The minimum absolute atomic E-state index is 0.924. The van der Waals surface area contributed by atoms with E-state index in [0.29, 0.717) is 0 Å². The molecule has 0 radical (unpaired) electrons. The van der Waals surface area contributed by atoms with Crippen molar-refractivity contribution in [2.24, 2.45) is 5.92 Å². The van der Waals surface area contributed by atoms with Crippen molar-refractivity contribution in [3.8, 4) is 0 Å². The summed E-state index contributed by atoms with van der Waals surface area (Å²) in [4.78, 5) is 6.52. The lowest BCUT2D eigenvalue weighted by molar-refractivity contribution is 0.0405. The molecule has 0 aromatic heterocycles. The highest BCUT2D eigenvalue weighted by molar-refractivity contribution is 4.65. The SMILES string of the molecule is CC1CC1.CCN(C)C.CCN1CCOCC1.CN(C)C. The lowest BCUT2D eigenvalue weighted by atomic mass is 10.4. The van der Waals surface area contributed by atoms with Crippen molar-refractivity contribution in [3.63, 3.8) is 0 Å². The Morgan fingerprint density at radius 2 is 1.29 bits per heavy atom. The monoisotopic (exact) mass is 303 g/mol. The third-order valence-corrected chi connectivity index (χ3v) is 3.05. The second kappa shape index (κ2) is 16.2. The number of hydrogen-bond donors (Lipinski definition) is 0. The molecule has 1 saturated heterocycles. The Morgan fingerprint density at radius 1 is 0.952 bits per heavy atom. The molecule has 1 heterocycles. The summed E-state index contributed by atoms with van der Waals surface area (Å²) in [7, 11) is 10.1. The van der Waals surface area contributed by atoms with Crippen LogP contribution in [0, 0.1) is 5.92 Å². The quantitative estimate of drug-likeness (QED) is 0.780. The predicted molar refractivity (Wildman–Crippen MR) is 95.2 cm³/mol. The molecule has 1 aliphatic heterocycles. The fourth-order valence-electron chi connectivity index (χ4n) is 1.08. The molecule has 0 N–H and O–H groups in total. The first-order valence-corrected chi connectivity index (χ1v) is 8.39. The molecule has 0 spiro atoms. The van der Waals surface area contributed by atoms with Gasteiger partial charge in [0.15, 0.2) is 0 Å². The van der Waals surface area contributed by atoms with Crippen LogP contribution in [0.15, 0.2) is 0 Å². The van der Waals surface area contributed by atoms with Crippen LogP contribution in [-0.4, -0.2) is 89.3 Å². The van der Waals surface area contributed by atoms with Gasteiger partial charge in [0.25, 0.3) is 0 Å². The Balaban J connectivity index is 0. The summed E-state index contributed by atoms with van der Waals surface area (Å²) in [6.45, 7) is 13.0. The first-order valence-electron chi connectivity index (χ1n) is 8.39. The average Bonchev–Trinajstić information content (AvgIpc) is 3.23. The number of rotatable bonds is 2. The molecule has 0 aromatic carbocycles. The van der Waals surface area contributed by atoms with Crippen LogP contribution < -0.4 is 0 Å².